The fraction of sp³-hybridized carbons (Fsp3) is 0.529. The number of unbranched alkanes of at least 4 members (excludes halogenated alkanes) is 1. The van der Waals surface area contributed by atoms with E-state index in [4.69, 9.17) is 4.74 Å². The maximum atomic E-state index is 12.5. The van der Waals surface area contributed by atoms with E-state index in [0.29, 0.717) is 12.0 Å². The minimum Gasteiger partial charge on any atom is -0.497 e. The van der Waals surface area contributed by atoms with Crippen molar-refractivity contribution in [3.63, 3.8) is 0 Å². The van der Waals surface area contributed by atoms with Gasteiger partial charge in [0.15, 0.2) is 5.78 Å². The Balaban J connectivity index is 2.55. The van der Waals surface area contributed by atoms with Crippen LogP contribution in [0.15, 0.2) is 24.3 Å². The summed E-state index contributed by atoms with van der Waals surface area (Å²) in [5.41, 5.74) is 0.249. The van der Waals surface area contributed by atoms with Crippen LogP contribution in [-0.2, 0) is 9.53 Å². The molecular formula is C17H24O4. The quantitative estimate of drug-likeness (QED) is 0.417. The van der Waals surface area contributed by atoms with E-state index in [0.717, 1.165) is 25.0 Å². The molecule has 0 radical (unpaired) electrons. The van der Waals surface area contributed by atoms with Crippen LogP contribution in [0.5, 0.6) is 5.75 Å². The molecule has 1 aromatic rings. The predicted octanol–water partition coefficient (Wildman–Crippen LogP) is 3.64. The minimum absolute atomic E-state index is 0.114. The normalized spacial score (nSPS) is 11.0. The number of esters is 1. The molecule has 0 N–H and O–H groups in total. The SMILES string of the molecule is COC(=O)CCCCC(C)(C)C(=O)c1ccc(OC)cc1. The standard InChI is InChI=1S/C17H24O4/c1-17(2,12-6-5-7-15(18)21-4)16(19)13-8-10-14(20-3)11-9-13/h8-11H,5-7,12H2,1-4H3. The highest BCUT2D eigenvalue weighted by atomic mass is 16.5. The Labute approximate surface area is 126 Å². The fourth-order valence-electron chi connectivity index (χ4n) is 2.19. The molecule has 0 saturated carbocycles. The first-order valence-corrected chi connectivity index (χ1v) is 7.16. The summed E-state index contributed by atoms with van der Waals surface area (Å²) < 4.78 is 9.70. The molecule has 0 saturated heterocycles. The lowest BCUT2D eigenvalue weighted by atomic mass is 9.80. The molecule has 0 aromatic heterocycles. The van der Waals surface area contributed by atoms with Gasteiger partial charge in [-0.3, -0.25) is 9.59 Å². The van der Waals surface area contributed by atoms with Crippen molar-refractivity contribution in [2.75, 3.05) is 14.2 Å². The van der Waals surface area contributed by atoms with Gasteiger partial charge < -0.3 is 9.47 Å². The van der Waals surface area contributed by atoms with Gasteiger partial charge in [0.2, 0.25) is 0 Å². The first-order chi connectivity index (χ1) is 9.90. The van der Waals surface area contributed by atoms with Gasteiger partial charge >= 0.3 is 5.97 Å². The summed E-state index contributed by atoms with van der Waals surface area (Å²) in [7, 11) is 2.99. The molecule has 116 valence electrons. The highest BCUT2D eigenvalue weighted by molar-refractivity contribution is 6.00. The van der Waals surface area contributed by atoms with E-state index in [-0.39, 0.29) is 11.8 Å². The Morgan fingerprint density at radius 1 is 1.05 bits per heavy atom. The number of hydrogen-bond acceptors (Lipinski definition) is 4. The van der Waals surface area contributed by atoms with Crippen LogP contribution in [0.1, 0.15) is 49.9 Å². The van der Waals surface area contributed by atoms with Crippen LogP contribution in [0.2, 0.25) is 0 Å². The number of hydrogen-bond donors (Lipinski definition) is 0. The second kappa shape index (κ2) is 7.81. The average molecular weight is 292 g/mol. The molecule has 0 unspecified atom stereocenters. The van der Waals surface area contributed by atoms with Gasteiger partial charge in [0, 0.05) is 17.4 Å². The molecule has 1 rings (SSSR count). The molecule has 0 atom stereocenters. The van der Waals surface area contributed by atoms with Crippen LogP contribution in [0.4, 0.5) is 0 Å². The van der Waals surface area contributed by atoms with Gasteiger partial charge in [-0.25, -0.2) is 0 Å². The topological polar surface area (TPSA) is 52.6 Å². The van der Waals surface area contributed by atoms with E-state index in [1.807, 2.05) is 13.8 Å². The molecule has 0 heterocycles. The van der Waals surface area contributed by atoms with Crippen LogP contribution in [-0.4, -0.2) is 26.0 Å². The van der Waals surface area contributed by atoms with Crippen molar-refractivity contribution in [1.82, 2.24) is 0 Å². The van der Waals surface area contributed by atoms with Gasteiger partial charge in [-0.2, -0.15) is 0 Å². The van der Waals surface area contributed by atoms with Gasteiger partial charge in [0.1, 0.15) is 5.75 Å². The average Bonchev–Trinajstić information content (AvgIpc) is 2.50. The summed E-state index contributed by atoms with van der Waals surface area (Å²) in [5, 5.41) is 0. The van der Waals surface area contributed by atoms with E-state index < -0.39 is 5.41 Å². The molecule has 0 bridgehead atoms. The van der Waals surface area contributed by atoms with Crippen molar-refractivity contribution < 1.29 is 19.1 Å². The van der Waals surface area contributed by atoms with Crippen LogP contribution in [0.25, 0.3) is 0 Å². The number of Topliss-reactive ketones (excluding diaryl/α,β-unsaturated/α-hetero) is 1. The molecule has 0 aliphatic heterocycles. The van der Waals surface area contributed by atoms with Gasteiger partial charge in [-0.1, -0.05) is 20.3 Å². The summed E-state index contributed by atoms with van der Waals surface area (Å²) in [4.78, 5) is 23.6. The highest BCUT2D eigenvalue weighted by Crippen LogP contribution is 2.29. The van der Waals surface area contributed by atoms with Gasteiger partial charge in [-0.05, 0) is 37.1 Å². The second-order valence-electron chi connectivity index (χ2n) is 5.72. The first kappa shape index (κ1) is 17.2. The van der Waals surface area contributed by atoms with E-state index in [1.165, 1.54) is 7.11 Å². The van der Waals surface area contributed by atoms with Crippen molar-refractivity contribution >= 4 is 11.8 Å². The van der Waals surface area contributed by atoms with Crippen LogP contribution < -0.4 is 4.74 Å². The summed E-state index contributed by atoms with van der Waals surface area (Å²) in [5.74, 6) is 0.653. The van der Waals surface area contributed by atoms with E-state index >= 15 is 0 Å². The summed E-state index contributed by atoms with van der Waals surface area (Å²) in [6, 6.07) is 7.16. The summed E-state index contributed by atoms with van der Waals surface area (Å²) in [6.45, 7) is 3.88. The lowest BCUT2D eigenvalue weighted by Gasteiger charge is -2.23. The smallest absolute Gasteiger partial charge is 0.305 e. The lowest BCUT2D eigenvalue weighted by Crippen LogP contribution is -2.24. The number of ether oxygens (including phenoxy) is 2. The molecule has 0 spiro atoms. The zero-order valence-corrected chi connectivity index (χ0v) is 13.3. The zero-order chi connectivity index (χ0) is 15.9. The number of methoxy groups -OCH3 is 2. The van der Waals surface area contributed by atoms with Crippen molar-refractivity contribution in [3.8, 4) is 5.75 Å². The van der Waals surface area contributed by atoms with Crippen molar-refractivity contribution in [1.29, 1.82) is 0 Å². The summed E-state index contributed by atoms with van der Waals surface area (Å²) >= 11 is 0. The minimum atomic E-state index is -0.440. The highest BCUT2D eigenvalue weighted by Gasteiger charge is 2.28. The van der Waals surface area contributed by atoms with Crippen LogP contribution >= 0.6 is 0 Å². The fourth-order valence-corrected chi connectivity index (χ4v) is 2.19. The molecule has 0 aliphatic rings. The molecule has 0 fully saturated rings. The molecule has 1 aromatic carbocycles. The zero-order valence-electron chi connectivity index (χ0n) is 13.3. The Hall–Kier alpha value is -1.84. The van der Waals surface area contributed by atoms with Crippen molar-refractivity contribution in [3.05, 3.63) is 29.8 Å². The van der Waals surface area contributed by atoms with Crippen LogP contribution in [0, 0.1) is 5.41 Å². The Morgan fingerprint density at radius 3 is 2.19 bits per heavy atom. The van der Waals surface area contributed by atoms with Crippen LogP contribution in [0.3, 0.4) is 0 Å². The molecular weight excluding hydrogens is 268 g/mol. The Kier molecular flexibility index (Phi) is 6.40. The van der Waals surface area contributed by atoms with E-state index in [9.17, 15) is 9.59 Å². The summed E-state index contributed by atoms with van der Waals surface area (Å²) in [6.07, 6.45) is 2.72. The molecule has 0 aliphatic carbocycles. The van der Waals surface area contributed by atoms with Crippen molar-refractivity contribution in [2.45, 2.75) is 39.5 Å². The Bertz CT molecular complexity index is 474. The number of benzene rings is 1. The number of carbonyl (C=O) groups is 2. The third-order valence-electron chi connectivity index (χ3n) is 3.63. The third-order valence-corrected chi connectivity index (χ3v) is 3.63. The van der Waals surface area contributed by atoms with Gasteiger partial charge in [0.25, 0.3) is 0 Å². The maximum Gasteiger partial charge on any atom is 0.305 e. The molecule has 21 heavy (non-hydrogen) atoms. The monoisotopic (exact) mass is 292 g/mol. The van der Waals surface area contributed by atoms with Gasteiger partial charge in [-0.15, -0.1) is 0 Å². The molecule has 4 nitrogen and oxygen atoms in total. The predicted molar refractivity (Wildman–Crippen MR) is 81.6 cm³/mol. The van der Waals surface area contributed by atoms with Crippen molar-refractivity contribution in [2.24, 2.45) is 5.41 Å². The third kappa shape index (κ3) is 5.21. The largest absolute Gasteiger partial charge is 0.497 e. The molecule has 0 amide bonds. The Morgan fingerprint density at radius 2 is 1.67 bits per heavy atom. The van der Waals surface area contributed by atoms with E-state index in [2.05, 4.69) is 4.74 Å². The lowest BCUT2D eigenvalue weighted by molar-refractivity contribution is -0.140. The number of carbonyl (C=O) groups excluding carboxylic acids is 2. The second-order valence-corrected chi connectivity index (χ2v) is 5.72. The number of rotatable bonds is 8. The first-order valence-electron chi connectivity index (χ1n) is 7.16. The maximum absolute atomic E-state index is 12.5. The number of ketones is 1. The van der Waals surface area contributed by atoms with E-state index in [1.54, 1.807) is 31.4 Å². The molecule has 4 heteroatoms. The van der Waals surface area contributed by atoms with Gasteiger partial charge in [0.05, 0.1) is 14.2 Å².